The molecule has 0 atom stereocenters. The Hall–Kier alpha value is -3.56. The molecule has 172 valence electrons. The van der Waals surface area contributed by atoms with Crippen molar-refractivity contribution >= 4 is 50.5 Å². The van der Waals surface area contributed by atoms with E-state index in [1.54, 1.807) is 43.3 Å². The van der Waals surface area contributed by atoms with Gasteiger partial charge < -0.3 is 15.4 Å². The van der Waals surface area contributed by atoms with Gasteiger partial charge in [-0.05, 0) is 54.6 Å². The van der Waals surface area contributed by atoms with Crippen molar-refractivity contribution in [2.45, 2.75) is 18.2 Å². The zero-order chi connectivity index (χ0) is 24.0. The molecule has 0 spiro atoms. The zero-order valence-corrected chi connectivity index (χ0v) is 19.5. The van der Waals surface area contributed by atoms with Crippen molar-refractivity contribution in [1.82, 2.24) is 0 Å². The van der Waals surface area contributed by atoms with E-state index in [0.717, 1.165) is 0 Å². The Morgan fingerprint density at radius 3 is 2.33 bits per heavy atom. The van der Waals surface area contributed by atoms with E-state index in [-0.39, 0.29) is 22.1 Å². The number of hydrogen-bond donors (Lipinski definition) is 3. The SMILES string of the molecule is CCC(=O)Nc1cccc(NC(=O)c2cccc(S(=O)(=O)Nc3cc(Cl)ccc3OC)c2)c1. The van der Waals surface area contributed by atoms with Crippen LogP contribution < -0.4 is 20.1 Å². The summed E-state index contributed by atoms with van der Waals surface area (Å²) in [6, 6.07) is 16.8. The van der Waals surface area contributed by atoms with Crippen LogP contribution in [0.4, 0.5) is 17.1 Å². The van der Waals surface area contributed by atoms with Crippen molar-refractivity contribution < 1.29 is 22.7 Å². The van der Waals surface area contributed by atoms with E-state index in [2.05, 4.69) is 15.4 Å². The number of benzene rings is 3. The van der Waals surface area contributed by atoms with E-state index >= 15 is 0 Å². The average Bonchev–Trinajstić information content (AvgIpc) is 2.79. The number of carbonyl (C=O) groups excluding carboxylic acids is 2. The van der Waals surface area contributed by atoms with E-state index in [1.807, 2.05) is 0 Å². The second-order valence-corrected chi connectivity index (χ2v) is 9.03. The smallest absolute Gasteiger partial charge is 0.262 e. The molecule has 0 aliphatic carbocycles. The lowest BCUT2D eigenvalue weighted by Crippen LogP contribution is -2.16. The molecule has 0 unspecified atom stereocenters. The Morgan fingerprint density at radius 2 is 1.64 bits per heavy atom. The van der Waals surface area contributed by atoms with E-state index in [0.29, 0.717) is 28.6 Å². The number of halogens is 1. The van der Waals surface area contributed by atoms with Crippen LogP contribution in [0.5, 0.6) is 5.75 Å². The Balaban J connectivity index is 1.80. The monoisotopic (exact) mass is 487 g/mol. The third-order valence-electron chi connectivity index (χ3n) is 4.54. The van der Waals surface area contributed by atoms with Crippen molar-refractivity contribution in [1.29, 1.82) is 0 Å². The molecule has 3 aromatic carbocycles. The molecule has 0 fully saturated rings. The number of hydrogen-bond acceptors (Lipinski definition) is 5. The summed E-state index contributed by atoms with van der Waals surface area (Å²) in [5.74, 6) is -0.363. The van der Waals surface area contributed by atoms with Gasteiger partial charge >= 0.3 is 0 Å². The minimum atomic E-state index is -4.03. The Kier molecular flexibility index (Phi) is 7.57. The van der Waals surface area contributed by atoms with Gasteiger partial charge in [0.25, 0.3) is 15.9 Å². The van der Waals surface area contributed by atoms with Crippen LogP contribution in [0.15, 0.2) is 71.6 Å². The van der Waals surface area contributed by atoms with Gasteiger partial charge in [0.05, 0.1) is 17.7 Å². The van der Waals surface area contributed by atoms with Crippen molar-refractivity contribution in [3.8, 4) is 5.75 Å². The number of anilines is 3. The van der Waals surface area contributed by atoms with Gasteiger partial charge in [-0.15, -0.1) is 0 Å². The maximum atomic E-state index is 12.9. The average molecular weight is 488 g/mol. The number of ether oxygens (including phenoxy) is 1. The first-order chi connectivity index (χ1) is 15.7. The highest BCUT2D eigenvalue weighted by Gasteiger charge is 2.19. The van der Waals surface area contributed by atoms with Crippen LogP contribution >= 0.6 is 11.6 Å². The fraction of sp³-hybridized carbons (Fsp3) is 0.130. The zero-order valence-electron chi connectivity index (χ0n) is 17.9. The molecule has 33 heavy (non-hydrogen) atoms. The molecule has 0 aliphatic heterocycles. The van der Waals surface area contributed by atoms with Gasteiger partial charge in [0.15, 0.2) is 0 Å². The summed E-state index contributed by atoms with van der Waals surface area (Å²) in [7, 11) is -2.62. The predicted molar refractivity (Wildman–Crippen MR) is 129 cm³/mol. The largest absolute Gasteiger partial charge is 0.495 e. The van der Waals surface area contributed by atoms with Gasteiger partial charge in [-0.3, -0.25) is 14.3 Å². The molecule has 10 heteroatoms. The summed E-state index contributed by atoms with van der Waals surface area (Å²) in [5, 5.41) is 5.75. The first kappa shape index (κ1) is 24.1. The quantitative estimate of drug-likeness (QED) is 0.424. The molecule has 3 aromatic rings. The highest BCUT2D eigenvalue weighted by Crippen LogP contribution is 2.30. The van der Waals surface area contributed by atoms with Gasteiger partial charge in [-0.25, -0.2) is 8.42 Å². The van der Waals surface area contributed by atoms with Crippen molar-refractivity contribution in [2.24, 2.45) is 0 Å². The van der Waals surface area contributed by atoms with Gasteiger partial charge in [0.2, 0.25) is 5.91 Å². The van der Waals surface area contributed by atoms with E-state index < -0.39 is 15.9 Å². The predicted octanol–water partition coefficient (Wildman–Crippen LogP) is 4.75. The van der Waals surface area contributed by atoms with Gasteiger partial charge in [-0.1, -0.05) is 30.7 Å². The summed E-state index contributed by atoms with van der Waals surface area (Å²) in [6.07, 6.45) is 0.326. The number of sulfonamides is 1. The second-order valence-electron chi connectivity index (χ2n) is 6.91. The van der Waals surface area contributed by atoms with Crippen LogP contribution in [0.1, 0.15) is 23.7 Å². The molecule has 0 aromatic heterocycles. The topological polar surface area (TPSA) is 114 Å². The third-order valence-corrected chi connectivity index (χ3v) is 6.14. The lowest BCUT2D eigenvalue weighted by atomic mass is 10.2. The van der Waals surface area contributed by atoms with Crippen molar-refractivity contribution in [2.75, 3.05) is 22.5 Å². The van der Waals surface area contributed by atoms with Crippen molar-refractivity contribution in [3.05, 3.63) is 77.3 Å². The lowest BCUT2D eigenvalue weighted by molar-refractivity contribution is -0.115. The van der Waals surface area contributed by atoms with Gasteiger partial charge in [0, 0.05) is 28.4 Å². The van der Waals surface area contributed by atoms with Crippen LogP contribution in [0.25, 0.3) is 0 Å². The number of methoxy groups -OCH3 is 1. The third kappa shape index (κ3) is 6.24. The summed E-state index contributed by atoms with van der Waals surface area (Å²) >= 11 is 5.97. The van der Waals surface area contributed by atoms with Crippen LogP contribution in [0, 0.1) is 0 Å². The van der Waals surface area contributed by atoms with E-state index in [9.17, 15) is 18.0 Å². The molecule has 0 saturated heterocycles. The first-order valence-electron chi connectivity index (χ1n) is 9.89. The maximum absolute atomic E-state index is 12.9. The molecule has 3 rings (SSSR count). The number of nitrogens with one attached hydrogen (secondary N) is 3. The number of amides is 2. The number of carbonyl (C=O) groups is 2. The summed E-state index contributed by atoms with van der Waals surface area (Å²) in [5.41, 5.74) is 1.30. The molecule has 0 aliphatic rings. The molecular weight excluding hydrogens is 466 g/mol. The fourth-order valence-corrected chi connectivity index (χ4v) is 4.17. The number of rotatable bonds is 8. The Bertz CT molecular complexity index is 1290. The Morgan fingerprint density at radius 1 is 0.939 bits per heavy atom. The van der Waals surface area contributed by atoms with Crippen molar-refractivity contribution in [3.63, 3.8) is 0 Å². The Labute approximate surface area is 197 Å². The maximum Gasteiger partial charge on any atom is 0.262 e. The van der Waals surface area contributed by atoms with Crippen LogP contribution in [0.3, 0.4) is 0 Å². The second kappa shape index (κ2) is 10.4. The normalized spacial score (nSPS) is 10.9. The van der Waals surface area contributed by atoms with E-state index in [1.165, 1.54) is 37.4 Å². The molecule has 0 bridgehead atoms. The van der Waals surface area contributed by atoms with Crippen LogP contribution in [0.2, 0.25) is 5.02 Å². The fourth-order valence-electron chi connectivity index (χ4n) is 2.90. The van der Waals surface area contributed by atoms with Crippen LogP contribution in [-0.2, 0) is 14.8 Å². The van der Waals surface area contributed by atoms with E-state index in [4.69, 9.17) is 16.3 Å². The van der Waals surface area contributed by atoms with Gasteiger partial charge in [-0.2, -0.15) is 0 Å². The minimum Gasteiger partial charge on any atom is -0.495 e. The highest BCUT2D eigenvalue weighted by molar-refractivity contribution is 7.92. The molecular formula is C23H22ClN3O5S. The first-order valence-corrected chi connectivity index (χ1v) is 11.8. The standard InChI is InChI=1S/C23H22ClN3O5S/c1-3-22(28)25-17-7-5-8-18(14-17)26-23(29)15-6-4-9-19(12-15)33(30,31)27-20-13-16(24)10-11-21(20)32-2/h4-14,27H,3H2,1-2H3,(H,25,28)(H,26,29). The molecule has 2 amide bonds. The molecule has 0 heterocycles. The molecule has 3 N–H and O–H groups in total. The van der Waals surface area contributed by atoms with Crippen LogP contribution in [-0.4, -0.2) is 27.3 Å². The molecule has 0 radical (unpaired) electrons. The molecule has 0 saturated carbocycles. The highest BCUT2D eigenvalue weighted by atomic mass is 35.5. The minimum absolute atomic E-state index is 0.110. The van der Waals surface area contributed by atoms with Gasteiger partial charge in [0.1, 0.15) is 5.75 Å². The summed E-state index contributed by atoms with van der Waals surface area (Å²) < 4.78 is 33.4. The summed E-state index contributed by atoms with van der Waals surface area (Å²) in [6.45, 7) is 1.74. The lowest BCUT2D eigenvalue weighted by Gasteiger charge is -2.13. The molecule has 8 nitrogen and oxygen atoms in total. The summed E-state index contributed by atoms with van der Waals surface area (Å²) in [4.78, 5) is 24.2.